The molecule has 0 aliphatic rings. The lowest BCUT2D eigenvalue weighted by Gasteiger charge is -2.33. The van der Waals surface area contributed by atoms with Crippen LogP contribution in [0, 0.1) is 6.92 Å². The normalized spacial score (nSPS) is 13.4. The topological polar surface area (TPSA) is 93.9 Å². The van der Waals surface area contributed by atoms with Crippen LogP contribution >= 0.6 is 0 Å². The van der Waals surface area contributed by atoms with E-state index in [2.05, 4.69) is 20.3 Å². The molecular weight excluding hydrogens is 527 g/mol. The Bertz CT molecular complexity index is 1280. The monoisotopic (exact) mass is 558 g/mol. The second-order valence-electron chi connectivity index (χ2n) is 8.81. The van der Waals surface area contributed by atoms with Gasteiger partial charge in [0.05, 0.1) is 37.5 Å². The maximum Gasteiger partial charge on any atom is 0.414 e. The first-order chi connectivity index (χ1) is 18.4. The zero-order valence-corrected chi connectivity index (χ0v) is 22.2. The molecule has 0 aromatic carbocycles. The summed E-state index contributed by atoms with van der Waals surface area (Å²) in [5.74, 6) is 0.299. The first-order valence-corrected chi connectivity index (χ1v) is 12.3. The summed E-state index contributed by atoms with van der Waals surface area (Å²) in [4.78, 5) is 26.3. The van der Waals surface area contributed by atoms with Crippen molar-refractivity contribution in [1.29, 1.82) is 0 Å². The fourth-order valence-corrected chi connectivity index (χ4v) is 4.24. The molecule has 1 unspecified atom stereocenters. The van der Waals surface area contributed by atoms with Crippen LogP contribution < -0.4 is 14.8 Å². The average Bonchev–Trinajstić information content (AvgIpc) is 3.27. The van der Waals surface area contributed by atoms with Gasteiger partial charge in [0.25, 0.3) is 5.88 Å². The molecule has 9 nitrogen and oxygen atoms in total. The van der Waals surface area contributed by atoms with Gasteiger partial charge in [-0.25, -0.2) is 23.5 Å². The first kappa shape index (κ1) is 29.8. The Balaban J connectivity index is 2.07. The van der Waals surface area contributed by atoms with E-state index in [0.717, 1.165) is 6.20 Å². The quantitative estimate of drug-likeness (QED) is 0.309. The molecule has 0 aliphatic heterocycles. The lowest BCUT2D eigenvalue weighted by Crippen LogP contribution is -2.50. The number of alkyl halides is 5. The summed E-state index contributed by atoms with van der Waals surface area (Å²) in [5, 5.41) is 2.46. The molecule has 0 radical (unpaired) electrons. The minimum Gasteiger partial charge on any atom is -0.494 e. The zero-order chi connectivity index (χ0) is 28.9. The van der Waals surface area contributed by atoms with E-state index in [1.807, 2.05) is 0 Å². The largest absolute Gasteiger partial charge is 0.494 e. The highest BCUT2D eigenvalue weighted by atomic mass is 19.4. The number of pyridine rings is 1. The fraction of sp³-hybridized carbons (Fsp3) is 0.520. The van der Waals surface area contributed by atoms with Crippen LogP contribution in [0.25, 0.3) is 16.9 Å². The van der Waals surface area contributed by atoms with E-state index in [1.54, 1.807) is 30.6 Å². The Kier molecular flexibility index (Phi) is 9.51. The molecule has 39 heavy (non-hydrogen) atoms. The van der Waals surface area contributed by atoms with Crippen molar-refractivity contribution in [3.05, 3.63) is 36.0 Å². The van der Waals surface area contributed by atoms with Crippen molar-refractivity contribution in [2.75, 3.05) is 20.8 Å². The van der Waals surface area contributed by atoms with Crippen molar-refractivity contribution in [3.63, 3.8) is 0 Å². The number of hydrogen-bond acceptors (Lipinski definition) is 6. The number of hydrogen-bond donors (Lipinski definition) is 1. The number of imidazole rings is 1. The standard InChI is InChI=1S/C25H31F5N6O3/c1-6-15(8-9-20(26)27)33-24(37)36(7-2)21(25(28,29)30)17-10-16(19(38-4)11-31-17)18-13-35-12-14(3)32-22(35)23(34-18)39-5/h10-13,15,20-21H,6-9H2,1-5H3,(H,33,37)/t15-,21?/m1/s1. The molecule has 214 valence electrons. The number of nitrogens with zero attached hydrogens (tertiary/aromatic N) is 5. The first-order valence-electron chi connectivity index (χ1n) is 12.3. The molecule has 3 rings (SSSR count). The predicted octanol–water partition coefficient (Wildman–Crippen LogP) is 5.58. The molecule has 3 aromatic heterocycles. The van der Waals surface area contributed by atoms with E-state index in [4.69, 9.17) is 9.47 Å². The van der Waals surface area contributed by atoms with Crippen molar-refractivity contribution in [3.8, 4) is 22.9 Å². The molecule has 3 aromatic rings. The summed E-state index contributed by atoms with van der Waals surface area (Å²) in [6, 6.07) is -3.01. The number of halogens is 5. The number of fused-ring (bicyclic) bond motifs is 1. The van der Waals surface area contributed by atoms with Crippen molar-refractivity contribution in [1.82, 2.24) is 29.6 Å². The molecule has 0 saturated heterocycles. The highest BCUT2D eigenvalue weighted by molar-refractivity contribution is 5.75. The van der Waals surface area contributed by atoms with E-state index in [0.29, 0.717) is 16.2 Å². The third kappa shape index (κ3) is 6.84. The van der Waals surface area contributed by atoms with Gasteiger partial charge in [-0.2, -0.15) is 13.2 Å². The van der Waals surface area contributed by atoms with Crippen LogP contribution in [0.1, 0.15) is 50.5 Å². The number of ether oxygens (including phenoxy) is 2. The van der Waals surface area contributed by atoms with Gasteiger partial charge in [-0.15, -0.1) is 0 Å². The van der Waals surface area contributed by atoms with E-state index in [9.17, 15) is 26.7 Å². The Hall–Kier alpha value is -3.71. The molecule has 1 N–H and O–H groups in total. The number of aromatic nitrogens is 4. The van der Waals surface area contributed by atoms with Crippen LogP contribution in [0.5, 0.6) is 11.6 Å². The smallest absolute Gasteiger partial charge is 0.414 e. The highest BCUT2D eigenvalue weighted by Gasteiger charge is 2.47. The van der Waals surface area contributed by atoms with Gasteiger partial charge < -0.3 is 24.1 Å². The number of aryl methyl sites for hydroxylation is 1. The van der Waals surface area contributed by atoms with Crippen LogP contribution in [-0.2, 0) is 0 Å². The van der Waals surface area contributed by atoms with Crippen LogP contribution in [0.3, 0.4) is 0 Å². The molecule has 0 spiro atoms. The fourth-order valence-electron chi connectivity index (χ4n) is 4.24. The van der Waals surface area contributed by atoms with Crippen molar-refractivity contribution >= 4 is 11.7 Å². The van der Waals surface area contributed by atoms with Gasteiger partial charge in [-0.05, 0) is 32.8 Å². The number of urea groups is 1. The molecule has 3 heterocycles. The Morgan fingerprint density at radius 1 is 1.13 bits per heavy atom. The highest BCUT2D eigenvalue weighted by Crippen LogP contribution is 2.40. The van der Waals surface area contributed by atoms with E-state index in [-0.39, 0.29) is 42.3 Å². The van der Waals surface area contributed by atoms with Gasteiger partial charge >= 0.3 is 12.2 Å². The van der Waals surface area contributed by atoms with E-state index >= 15 is 0 Å². The van der Waals surface area contributed by atoms with Crippen molar-refractivity contribution in [2.45, 2.75) is 64.7 Å². The second kappa shape index (κ2) is 12.4. The van der Waals surface area contributed by atoms with Gasteiger partial charge in [0.15, 0.2) is 6.04 Å². The lowest BCUT2D eigenvalue weighted by molar-refractivity contribution is -0.179. The summed E-state index contributed by atoms with van der Waals surface area (Å²) in [6.45, 7) is 4.50. The van der Waals surface area contributed by atoms with Crippen molar-refractivity contribution < 1.29 is 36.2 Å². The number of amides is 2. The molecule has 0 fully saturated rings. The average molecular weight is 559 g/mol. The molecule has 14 heteroatoms. The Labute approximate surface area is 222 Å². The Morgan fingerprint density at radius 3 is 2.41 bits per heavy atom. The van der Waals surface area contributed by atoms with E-state index < -0.39 is 42.8 Å². The third-order valence-electron chi connectivity index (χ3n) is 6.16. The summed E-state index contributed by atoms with van der Waals surface area (Å²) < 4.78 is 81.1. The lowest BCUT2D eigenvalue weighted by atomic mass is 10.1. The molecule has 2 amide bonds. The number of methoxy groups -OCH3 is 2. The number of nitrogens with one attached hydrogen (secondary N) is 1. The summed E-state index contributed by atoms with van der Waals surface area (Å²) >= 11 is 0. The summed E-state index contributed by atoms with van der Waals surface area (Å²) in [7, 11) is 2.74. The maximum atomic E-state index is 14.5. The van der Waals surface area contributed by atoms with Gasteiger partial charge in [0, 0.05) is 37.0 Å². The minimum atomic E-state index is -4.91. The molecule has 2 atom stereocenters. The number of rotatable bonds is 11. The zero-order valence-electron chi connectivity index (χ0n) is 22.2. The summed E-state index contributed by atoms with van der Waals surface area (Å²) in [6.07, 6.45) is -3.35. The Morgan fingerprint density at radius 2 is 1.85 bits per heavy atom. The van der Waals surface area contributed by atoms with Crippen LogP contribution in [-0.4, -0.2) is 69.7 Å². The number of carbonyl (C=O) groups is 1. The van der Waals surface area contributed by atoms with Gasteiger partial charge in [-0.1, -0.05) is 6.92 Å². The molecule has 0 saturated carbocycles. The maximum absolute atomic E-state index is 14.5. The molecule has 0 bridgehead atoms. The second-order valence-corrected chi connectivity index (χ2v) is 8.81. The minimum absolute atomic E-state index is 0.0667. The molecule has 0 aliphatic carbocycles. The van der Waals surface area contributed by atoms with Crippen LogP contribution in [0.2, 0.25) is 0 Å². The SMILES string of the molecule is CC[C@H](CCC(F)F)NC(=O)N(CC)C(c1cc(-c2cn3cc(C)nc3c(OC)n2)c(OC)cn1)C(F)(F)F. The van der Waals surface area contributed by atoms with E-state index in [1.165, 1.54) is 27.2 Å². The van der Waals surface area contributed by atoms with Crippen LogP contribution in [0.4, 0.5) is 26.7 Å². The predicted molar refractivity (Wildman–Crippen MR) is 133 cm³/mol. The van der Waals surface area contributed by atoms with Gasteiger partial charge in [0.1, 0.15) is 5.75 Å². The summed E-state index contributed by atoms with van der Waals surface area (Å²) in [5.41, 5.74) is 1.03. The van der Waals surface area contributed by atoms with Gasteiger partial charge in [0.2, 0.25) is 12.1 Å². The van der Waals surface area contributed by atoms with Gasteiger partial charge in [-0.3, -0.25) is 4.98 Å². The number of carbonyl (C=O) groups excluding carboxylic acids is 1. The van der Waals surface area contributed by atoms with Crippen molar-refractivity contribution in [2.24, 2.45) is 0 Å². The third-order valence-corrected chi connectivity index (χ3v) is 6.16. The van der Waals surface area contributed by atoms with Crippen LogP contribution in [0.15, 0.2) is 24.7 Å². The molecular formula is C25H31F5N6O3.